The van der Waals surface area contributed by atoms with Gasteiger partial charge >= 0.3 is 6.18 Å². The molecule has 0 aliphatic carbocycles. The maximum Gasteiger partial charge on any atom is 0.416 e. The fourth-order valence-electron chi connectivity index (χ4n) is 2.14. The number of nitrogens with one attached hydrogen (secondary N) is 1. The molecule has 0 fully saturated rings. The van der Waals surface area contributed by atoms with Gasteiger partial charge in [-0.3, -0.25) is 9.59 Å². The van der Waals surface area contributed by atoms with Crippen LogP contribution in [0.2, 0.25) is 0 Å². The molecule has 0 saturated carbocycles. The first-order valence-corrected chi connectivity index (χ1v) is 7.81. The Bertz CT molecular complexity index is 846. The second-order valence-electron chi connectivity index (χ2n) is 5.71. The highest BCUT2D eigenvalue weighted by molar-refractivity contribution is 5.97. The molecule has 0 bridgehead atoms. The fourth-order valence-corrected chi connectivity index (χ4v) is 2.14. The van der Waals surface area contributed by atoms with Crippen molar-refractivity contribution in [1.29, 1.82) is 0 Å². The number of hydrogen-bond acceptors (Lipinski definition) is 2. The van der Waals surface area contributed by atoms with E-state index in [0.29, 0.717) is 5.56 Å². The summed E-state index contributed by atoms with van der Waals surface area (Å²) in [7, 11) is 1.39. The number of carbonyl (C=O) groups excluding carboxylic acids is 2. The van der Waals surface area contributed by atoms with Crippen LogP contribution in [0, 0.1) is 5.82 Å². The third-order valence-corrected chi connectivity index (χ3v) is 3.52. The number of likely N-dealkylation sites (N-methyl/N-ethyl adjacent to an activating group) is 1. The van der Waals surface area contributed by atoms with Crippen molar-refractivity contribution in [3.8, 4) is 0 Å². The Labute approximate surface area is 153 Å². The molecule has 0 spiro atoms. The van der Waals surface area contributed by atoms with Crippen LogP contribution in [0.25, 0.3) is 6.08 Å². The molecule has 8 heteroatoms. The Morgan fingerprint density at radius 2 is 1.78 bits per heavy atom. The van der Waals surface area contributed by atoms with Gasteiger partial charge in [-0.25, -0.2) is 4.39 Å². The van der Waals surface area contributed by atoms with Gasteiger partial charge in [0.05, 0.1) is 12.1 Å². The van der Waals surface area contributed by atoms with Crippen LogP contribution in [0.1, 0.15) is 11.1 Å². The molecule has 0 unspecified atom stereocenters. The predicted octanol–water partition coefficient (Wildman–Crippen LogP) is 3.95. The number of nitrogens with zero attached hydrogens (tertiary/aromatic N) is 1. The molecule has 2 aromatic rings. The summed E-state index contributed by atoms with van der Waals surface area (Å²) >= 11 is 0. The van der Waals surface area contributed by atoms with Gasteiger partial charge < -0.3 is 10.2 Å². The Morgan fingerprint density at radius 1 is 1.11 bits per heavy atom. The summed E-state index contributed by atoms with van der Waals surface area (Å²) in [4.78, 5) is 25.0. The zero-order valence-electron chi connectivity index (χ0n) is 14.3. The molecule has 2 rings (SSSR count). The van der Waals surface area contributed by atoms with E-state index in [4.69, 9.17) is 0 Å². The zero-order chi connectivity index (χ0) is 20.0. The maximum absolute atomic E-state index is 13.1. The van der Waals surface area contributed by atoms with Crippen molar-refractivity contribution >= 4 is 23.6 Å². The van der Waals surface area contributed by atoms with Crippen LogP contribution < -0.4 is 5.32 Å². The third kappa shape index (κ3) is 6.25. The highest BCUT2D eigenvalue weighted by Gasteiger charge is 2.29. The molecule has 27 heavy (non-hydrogen) atoms. The SMILES string of the molecule is CN(CC(=O)Nc1cccc(F)c1)C(=O)/C=C/c1ccc(C(F)(F)F)cc1. The van der Waals surface area contributed by atoms with Gasteiger partial charge in [-0.05, 0) is 42.0 Å². The van der Waals surface area contributed by atoms with E-state index in [1.807, 2.05) is 0 Å². The van der Waals surface area contributed by atoms with E-state index >= 15 is 0 Å². The highest BCUT2D eigenvalue weighted by atomic mass is 19.4. The van der Waals surface area contributed by atoms with Gasteiger partial charge in [0.25, 0.3) is 0 Å². The lowest BCUT2D eigenvalue weighted by Gasteiger charge is -2.15. The Morgan fingerprint density at radius 3 is 2.37 bits per heavy atom. The standard InChI is InChI=1S/C19H16F4N2O2/c1-25(12-17(26)24-16-4-2-3-15(20)11-16)18(27)10-7-13-5-8-14(9-6-13)19(21,22)23/h2-11H,12H2,1H3,(H,24,26)/b10-7+. The number of hydrogen-bond donors (Lipinski definition) is 1. The van der Waals surface area contributed by atoms with Crippen LogP contribution in [0.4, 0.5) is 23.2 Å². The number of halogens is 4. The number of amides is 2. The topological polar surface area (TPSA) is 49.4 Å². The molecule has 0 heterocycles. The monoisotopic (exact) mass is 380 g/mol. The van der Waals surface area contributed by atoms with E-state index in [-0.39, 0.29) is 12.2 Å². The summed E-state index contributed by atoms with van der Waals surface area (Å²) in [5, 5.41) is 2.46. The first-order chi connectivity index (χ1) is 12.6. The molecule has 0 saturated heterocycles. The number of carbonyl (C=O) groups is 2. The van der Waals surface area contributed by atoms with E-state index in [9.17, 15) is 27.2 Å². The number of benzene rings is 2. The first-order valence-electron chi connectivity index (χ1n) is 7.81. The summed E-state index contributed by atoms with van der Waals surface area (Å²) < 4.78 is 50.6. The van der Waals surface area contributed by atoms with Crippen molar-refractivity contribution in [3.63, 3.8) is 0 Å². The van der Waals surface area contributed by atoms with Crippen LogP contribution in [0.15, 0.2) is 54.6 Å². The summed E-state index contributed by atoms with van der Waals surface area (Å²) in [5.74, 6) is -1.53. The molecule has 0 atom stereocenters. The highest BCUT2D eigenvalue weighted by Crippen LogP contribution is 2.29. The van der Waals surface area contributed by atoms with Crippen molar-refractivity contribution in [2.24, 2.45) is 0 Å². The Kier molecular flexibility index (Phi) is 6.33. The lowest BCUT2D eigenvalue weighted by molar-refractivity contribution is -0.137. The maximum atomic E-state index is 13.1. The van der Waals surface area contributed by atoms with Crippen LogP contribution in [-0.2, 0) is 15.8 Å². The molecule has 142 valence electrons. The fraction of sp³-hybridized carbons (Fsp3) is 0.158. The average molecular weight is 380 g/mol. The first kappa shape index (κ1) is 20.2. The van der Waals surface area contributed by atoms with Crippen molar-refractivity contribution in [2.75, 3.05) is 18.9 Å². The van der Waals surface area contributed by atoms with Crippen LogP contribution >= 0.6 is 0 Å². The minimum Gasteiger partial charge on any atom is -0.333 e. The van der Waals surface area contributed by atoms with Crippen LogP contribution in [0.5, 0.6) is 0 Å². The summed E-state index contributed by atoms with van der Waals surface area (Å²) in [6.45, 7) is -0.271. The summed E-state index contributed by atoms with van der Waals surface area (Å²) in [6, 6.07) is 9.63. The van der Waals surface area contributed by atoms with Gasteiger partial charge in [0, 0.05) is 18.8 Å². The minimum absolute atomic E-state index is 0.265. The Balaban J connectivity index is 1.91. The van der Waals surface area contributed by atoms with Gasteiger partial charge in [-0.2, -0.15) is 13.2 Å². The second kappa shape index (κ2) is 8.48. The van der Waals surface area contributed by atoms with Crippen molar-refractivity contribution in [1.82, 2.24) is 4.90 Å². The zero-order valence-corrected chi connectivity index (χ0v) is 14.3. The van der Waals surface area contributed by atoms with E-state index < -0.39 is 29.4 Å². The molecule has 2 amide bonds. The van der Waals surface area contributed by atoms with Gasteiger partial charge in [-0.1, -0.05) is 18.2 Å². The largest absolute Gasteiger partial charge is 0.416 e. The van der Waals surface area contributed by atoms with Crippen molar-refractivity contribution in [2.45, 2.75) is 6.18 Å². The number of rotatable bonds is 5. The lowest BCUT2D eigenvalue weighted by Crippen LogP contribution is -2.33. The smallest absolute Gasteiger partial charge is 0.333 e. The molecule has 0 aliphatic rings. The molecule has 2 aromatic carbocycles. The number of anilines is 1. The van der Waals surface area contributed by atoms with E-state index in [0.717, 1.165) is 29.2 Å². The van der Waals surface area contributed by atoms with Crippen LogP contribution in [0.3, 0.4) is 0 Å². The predicted molar refractivity (Wildman–Crippen MR) is 93.1 cm³/mol. The normalized spacial score (nSPS) is 11.4. The van der Waals surface area contributed by atoms with E-state index in [1.165, 1.54) is 43.5 Å². The summed E-state index contributed by atoms with van der Waals surface area (Å²) in [6.07, 6.45) is -1.92. The van der Waals surface area contributed by atoms with E-state index in [1.54, 1.807) is 0 Å². The van der Waals surface area contributed by atoms with Gasteiger partial charge in [0.1, 0.15) is 5.82 Å². The molecule has 4 nitrogen and oxygen atoms in total. The van der Waals surface area contributed by atoms with Gasteiger partial charge in [0.2, 0.25) is 11.8 Å². The summed E-state index contributed by atoms with van der Waals surface area (Å²) in [5.41, 5.74) is -0.104. The molecular weight excluding hydrogens is 364 g/mol. The number of alkyl halides is 3. The van der Waals surface area contributed by atoms with Crippen molar-refractivity contribution < 1.29 is 27.2 Å². The van der Waals surface area contributed by atoms with E-state index in [2.05, 4.69) is 5.32 Å². The quantitative estimate of drug-likeness (QED) is 0.631. The average Bonchev–Trinajstić information content (AvgIpc) is 2.59. The van der Waals surface area contributed by atoms with Crippen LogP contribution in [-0.4, -0.2) is 30.3 Å². The molecule has 0 aliphatic heterocycles. The molecular formula is C19H16F4N2O2. The Hall–Kier alpha value is -3.16. The van der Waals surface area contributed by atoms with Crippen molar-refractivity contribution in [3.05, 3.63) is 71.6 Å². The van der Waals surface area contributed by atoms with Gasteiger partial charge in [0.15, 0.2) is 0 Å². The third-order valence-electron chi connectivity index (χ3n) is 3.52. The lowest BCUT2D eigenvalue weighted by atomic mass is 10.1. The molecule has 0 radical (unpaired) electrons. The minimum atomic E-state index is -4.42. The molecule has 0 aromatic heterocycles. The second-order valence-corrected chi connectivity index (χ2v) is 5.71. The molecule has 1 N–H and O–H groups in total. The van der Waals surface area contributed by atoms with Gasteiger partial charge in [-0.15, -0.1) is 0 Å².